The highest BCUT2D eigenvalue weighted by atomic mass is 19.1. The SMILES string of the molecule is N#CCCCCCC(F)C#N. The number of unbranched alkanes of at least 4 members (excludes halogenated alkanes) is 3. The van der Waals surface area contributed by atoms with Crippen LogP contribution >= 0.6 is 0 Å². The molecule has 0 saturated carbocycles. The molecule has 0 aromatic heterocycles. The smallest absolute Gasteiger partial charge is 0.186 e. The molecule has 2 nitrogen and oxygen atoms in total. The second-order valence-electron chi connectivity index (χ2n) is 2.35. The first kappa shape index (κ1) is 9.91. The molecule has 11 heavy (non-hydrogen) atoms. The van der Waals surface area contributed by atoms with E-state index in [-0.39, 0.29) is 0 Å². The van der Waals surface area contributed by atoms with Crippen LogP contribution in [0.15, 0.2) is 0 Å². The lowest BCUT2D eigenvalue weighted by molar-refractivity contribution is 0.374. The zero-order valence-corrected chi connectivity index (χ0v) is 6.39. The van der Waals surface area contributed by atoms with Gasteiger partial charge >= 0.3 is 0 Å². The van der Waals surface area contributed by atoms with E-state index in [0.717, 1.165) is 12.8 Å². The van der Waals surface area contributed by atoms with Crippen LogP contribution in [0.3, 0.4) is 0 Å². The van der Waals surface area contributed by atoms with E-state index in [1.54, 1.807) is 0 Å². The molecular formula is C8H11FN2. The van der Waals surface area contributed by atoms with E-state index in [9.17, 15) is 4.39 Å². The number of alkyl halides is 1. The van der Waals surface area contributed by atoms with Crippen LogP contribution in [-0.2, 0) is 0 Å². The van der Waals surface area contributed by atoms with Crippen molar-refractivity contribution in [3.8, 4) is 12.1 Å². The second kappa shape index (κ2) is 7.02. The minimum absolute atomic E-state index is 0.307. The molecule has 0 aromatic rings. The van der Waals surface area contributed by atoms with Crippen LogP contribution < -0.4 is 0 Å². The van der Waals surface area contributed by atoms with Gasteiger partial charge in [-0.3, -0.25) is 0 Å². The van der Waals surface area contributed by atoms with Gasteiger partial charge in [-0.1, -0.05) is 6.42 Å². The Balaban J connectivity index is 3.04. The molecule has 0 aliphatic rings. The summed E-state index contributed by atoms with van der Waals surface area (Å²) < 4.78 is 12.2. The maximum atomic E-state index is 12.2. The molecule has 0 amide bonds. The van der Waals surface area contributed by atoms with Gasteiger partial charge in [0.05, 0.1) is 12.1 Å². The lowest BCUT2D eigenvalue weighted by atomic mass is 10.1. The minimum Gasteiger partial charge on any atom is -0.231 e. The summed E-state index contributed by atoms with van der Waals surface area (Å²) in [5, 5.41) is 16.2. The van der Waals surface area contributed by atoms with Crippen molar-refractivity contribution in [3.63, 3.8) is 0 Å². The molecule has 0 rings (SSSR count). The summed E-state index contributed by atoms with van der Waals surface area (Å²) in [4.78, 5) is 0. The van der Waals surface area contributed by atoms with Crippen LogP contribution in [0.1, 0.15) is 32.1 Å². The van der Waals surface area contributed by atoms with Crippen LogP contribution in [0.4, 0.5) is 4.39 Å². The van der Waals surface area contributed by atoms with Gasteiger partial charge in [0, 0.05) is 6.42 Å². The number of nitriles is 2. The predicted octanol–water partition coefficient (Wildman–Crippen LogP) is 2.32. The van der Waals surface area contributed by atoms with Crippen molar-refractivity contribution < 1.29 is 4.39 Å². The third kappa shape index (κ3) is 6.80. The Hall–Kier alpha value is -1.09. The topological polar surface area (TPSA) is 47.6 Å². The van der Waals surface area contributed by atoms with E-state index in [0.29, 0.717) is 19.3 Å². The highest BCUT2D eigenvalue weighted by Gasteiger charge is 2.01. The normalized spacial score (nSPS) is 11.5. The molecule has 1 unspecified atom stereocenters. The van der Waals surface area contributed by atoms with Crippen LogP contribution in [0.25, 0.3) is 0 Å². The van der Waals surface area contributed by atoms with Crippen LogP contribution in [0.5, 0.6) is 0 Å². The number of nitrogens with zero attached hydrogens (tertiary/aromatic N) is 2. The lowest BCUT2D eigenvalue weighted by Gasteiger charge is -1.96. The third-order valence-corrected chi connectivity index (χ3v) is 1.39. The molecule has 0 aliphatic carbocycles. The first-order valence-corrected chi connectivity index (χ1v) is 3.72. The number of rotatable bonds is 5. The first-order valence-electron chi connectivity index (χ1n) is 3.72. The fraction of sp³-hybridized carbons (Fsp3) is 0.750. The Morgan fingerprint density at radius 1 is 1.18 bits per heavy atom. The van der Waals surface area contributed by atoms with Crippen molar-refractivity contribution in [2.24, 2.45) is 0 Å². The summed E-state index contributed by atoms with van der Waals surface area (Å²) in [5.74, 6) is 0. The van der Waals surface area contributed by atoms with E-state index >= 15 is 0 Å². The molecule has 3 heteroatoms. The van der Waals surface area contributed by atoms with Crippen molar-refractivity contribution in [2.45, 2.75) is 38.3 Å². The van der Waals surface area contributed by atoms with Gasteiger partial charge in [0.25, 0.3) is 0 Å². The number of hydrogen-bond donors (Lipinski definition) is 0. The summed E-state index contributed by atoms with van der Waals surface area (Å²) in [5.41, 5.74) is 0. The molecule has 0 bridgehead atoms. The molecule has 0 aromatic carbocycles. The van der Waals surface area contributed by atoms with Gasteiger partial charge in [-0.25, -0.2) is 4.39 Å². The monoisotopic (exact) mass is 154 g/mol. The van der Waals surface area contributed by atoms with E-state index in [2.05, 4.69) is 0 Å². The molecule has 0 spiro atoms. The molecule has 60 valence electrons. The summed E-state index contributed by atoms with van der Waals surface area (Å²) in [6.45, 7) is 0. The number of halogens is 1. The zero-order valence-electron chi connectivity index (χ0n) is 6.39. The standard InChI is InChI=1S/C8H11FN2/c9-8(7-11)5-3-1-2-4-6-10/h8H,1-5H2. The maximum Gasteiger partial charge on any atom is 0.186 e. The van der Waals surface area contributed by atoms with Gasteiger partial charge in [0.1, 0.15) is 0 Å². The predicted molar refractivity (Wildman–Crippen MR) is 39.2 cm³/mol. The van der Waals surface area contributed by atoms with Gasteiger partial charge in [-0.05, 0) is 19.3 Å². The van der Waals surface area contributed by atoms with Crippen LogP contribution in [0.2, 0.25) is 0 Å². The average molecular weight is 154 g/mol. The van der Waals surface area contributed by atoms with Crippen molar-refractivity contribution in [1.82, 2.24) is 0 Å². The van der Waals surface area contributed by atoms with Crippen molar-refractivity contribution in [1.29, 1.82) is 10.5 Å². The molecule has 0 heterocycles. The quantitative estimate of drug-likeness (QED) is 0.570. The lowest BCUT2D eigenvalue weighted by Crippen LogP contribution is -1.94. The largest absolute Gasteiger partial charge is 0.231 e. The Morgan fingerprint density at radius 2 is 1.91 bits per heavy atom. The molecule has 0 N–H and O–H groups in total. The molecular weight excluding hydrogens is 143 g/mol. The number of hydrogen-bond acceptors (Lipinski definition) is 2. The zero-order chi connectivity index (χ0) is 8.53. The minimum atomic E-state index is -1.32. The summed E-state index contributed by atoms with van der Waals surface area (Å²) in [6, 6.07) is 3.54. The van der Waals surface area contributed by atoms with E-state index < -0.39 is 6.17 Å². The summed E-state index contributed by atoms with van der Waals surface area (Å²) >= 11 is 0. The van der Waals surface area contributed by atoms with E-state index in [4.69, 9.17) is 10.5 Å². The Kier molecular flexibility index (Phi) is 6.33. The van der Waals surface area contributed by atoms with Gasteiger partial charge < -0.3 is 0 Å². The van der Waals surface area contributed by atoms with Gasteiger partial charge in [-0.15, -0.1) is 0 Å². The molecule has 0 aliphatic heterocycles. The van der Waals surface area contributed by atoms with Gasteiger partial charge in [-0.2, -0.15) is 10.5 Å². The van der Waals surface area contributed by atoms with E-state index in [1.807, 2.05) is 6.07 Å². The van der Waals surface area contributed by atoms with Crippen LogP contribution in [0, 0.1) is 22.7 Å². The fourth-order valence-corrected chi connectivity index (χ4v) is 0.769. The fourth-order valence-electron chi connectivity index (χ4n) is 0.769. The Bertz CT molecular complexity index is 166. The summed E-state index contributed by atoms with van der Waals surface area (Å²) in [6.07, 6.45) is 1.88. The van der Waals surface area contributed by atoms with Crippen molar-refractivity contribution in [2.75, 3.05) is 0 Å². The molecule has 0 fully saturated rings. The highest BCUT2D eigenvalue weighted by Crippen LogP contribution is 2.06. The molecule has 0 saturated heterocycles. The first-order chi connectivity index (χ1) is 5.31. The Morgan fingerprint density at radius 3 is 2.45 bits per heavy atom. The van der Waals surface area contributed by atoms with Gasteiger partial charge in [0.2, 0.25) is 0 Å². The Labute approximate surface area is 66.2 Å². The highest BCUT2D eigenvalue weighted by molar-refractivity contribution is 4.81. The van der Waals surface area contributed by atoms with E-state index in [1.165, 1.54) is 6.07 Å². The third-order valence-electron chi connectivity index (χ3n) is 1.39. The van der Waals surface area contributed by atoms with Gasteiger partial charge in [0.15, 0.2) is 6.17 Å². The summed E-state index contributed by atoms with van der Waals surface area (Å²) in [7, 11) is 0. The maximum absolute atomic E-state index is 12.2. The van der Waals surface area contributed by atoms with Crippen molar-refractivity contribution >= 4 is 0 Å². The molecule has 1 atom stereocenters. The van der Waals surface area contributed by atoms with Crippen molar-refractivity contribution in [3.05, 3.63) is 0 Å². The van der Waals surface area contributed by atoms with Crippen LogP contribution in [-0.4, -0.2) is 6.17 Å². The second-order valence-corrected chi connectivity index (χ2v) is 2.35. The average Bonchev–Trinajstić information content (AvgIpc) is 2.04. The molecule has 0 radical (unpaired) electrons.